The molecule has 10 heteroatoms. The molecule has 0 radical (unpaired) electrons. The lowest BCUT2D eigenvalue weighted by molar-refractivity contribution is -0.137. The van der Waals surface area contributed by atoms with Crippen molar-refractivity contribution in [2.24, 2.45) is 5.73 Å². The van der Waals surface area contributed by atoms with Gasteiger partial charge in [-0.2, -0.15) is 13.2 Å². The fraction of sp³-hybridized carbons (Fsp3) is 0.368. The molecule has 1 saturated heterocycles. The van der Waals surface area contributed by atoms with Crippen molar-refractivity contribution in [2.75, 3.05) is 18.5 Å². The van der Waals surface area contributed by atoms with Crippen LogP contribution in [-0.4, -0.2) is 29.6 Å². The number of aromatic nitrogens is 1. The second-order valence-electron chi connectivity index (χ2n) is 6.49. The van der Waals surface area contributed by atoms with Gasteiger partial charge in [0, 0.05) is 6.61 Å². The van der Waals surface area contributed by atoms with E-state index in [1.165, 1.54) is 12.3 Å². The van der Waals surface area contributed by atoms with E-state index < -0.39 is 23.1 Å². The molecule has 6 nitrogen and oxygen atoms in total. The summed E-state index contributed by atoms with van der Waals surface area (Å²) in [5.74, 6) is -1.33. The van der Waals surface area contributed by atoms with Crippen molar-refractivity contribution in [3.63, 3.8) is 0 Å². The number of pyridine rings is 1. The van der Waals surface area contributed by atoms with E-state index in [9.17, 15) is 22.4 Å². The molecular weight excluding hydrogens is 392 g/mol. The van der Waals surface area contributed by atoms with Crippen molar-refractivity contribution in [2.45, 2.75) is 32.1 Å². The SMILES string of the molecule is C.N[C@@]1(C(=O)NCc2ccc(Nc3ccc(F)cc3C(F)(F)F)cn2)CCOC1. The topological polar surface area (TPSA) is 89.3 Å². The maximum absolute atomic E-state index is 13.2. The van der Waals surface area contributed by atoms with Gasteiger partial charge in [-0.3, -0.25) is 9.78 Å². The van der Waals surface area contributed by atoms with Crippen LogP contribution in [0.5, 0.6) is 0 Å². The molecule has 1 aromatic carbocycles. The minimum absolute atomic E-state index is 0. The molecule has 0 aliphatic carbocycles. The zero-order valence-corrected chi connectivity index (χ0v) is 14.6. The summed E-state index contributed by atoms with van der Waals surface area (Å²) in [7, 11) is 0. The number of anilines is 2. The molecule has 3 rings (SSSR count). The fourth-order valence-electron chi connectivity index (χ4n) is 2.73. The van der Waals surface area contributed by atoms with Gasteiger partial charge in [-0.1, -0.05) is 7.43 Å². The van der Waals surface area contributed by atoms with Crippen LogP contribution in [0.25, 0.3) is 0 Å². The standard InChI is InChI=1S/C18H18F4N4O2.CH4/c19-11-1-4-15(14(7-11)18(20,21)22)26-13-3-2-12(24-9-13)8-25-16(27)17(23)5-6-28-10-17;/h1-4,7,9,26H,5-6,8,10,23H2,(H,25,27);1H4/t17-;/m0./s1. The molecule has 29 heavy (non-hydrogen) atoms. The smallest absolute Gasteiger partial charge is 0.379 e. The zero-order chi connectivity index (χ0) is 20.4. The number of benzene rings is 1. The maximum Gasteiger partial charge on any atom is 0.418 e. The molecule has 0 bridgehead atoms. The third-order valence-corrected chi connectivity index (χ3v) is 4.33. The Kier molecular flexibility index (Phi) is 6.81. The minimum atomic E-state index is -4.70. The Bertz CT molecular complexity index is 850. The van der Waals surface area contributed by atoms with E-state index in [2.05, 4.69) is 15.6 Å². The van der Waals surface area contributed by atoms with Gasteiger partial charge in [0.2, 0.25) is 5.91 Å². The average molecular weight is 414 g/mol. The van der Waals surface area contributed by atoms with Gasteiger partial charge < -0.3 is 21.1 Å². The molecule has 1 amide bonds. The normalized spacial score (nSPS) is 18.8. The molecular formula is C19H22F4N4O2. The first-order valence-electron chi connectivity index (χ1n) is 8.41. The lowest BCUT2D eigenvalue weighted by Gasteiger charge is -2.20. The van der Waals surface area contributed by atoms with Gasteiger partial charge in [-0.15, -0.1) is 0 Å². The van der Waals surface area contributed by atoms with Crippen molar-refractivity contribution in [3.8, 4) is 0 Å². The molecule has 158 valence electrons. The third kappa shape index (κ3) is 5.42. The highest BCUT2D eigenvalue weighted by molar-refractivity contribution is 5.86. The van der Waals surface area contributed by atoms with Crippen LogP contribution in [0, 0.1) is 5.82 Å². The monoisotopic (exact) mass is 414 g/mol. The fourth-order valence-corrected chi connectivity index (χ4v) is 2.73. The summed E-state index contributed by atoms with van der Waals surface area (Å²) in [5, 5.41) is 5.24. The van der Waals surface area contributed by atoms with Crippen LogP contribution in [-0.2, 0) is 22.3 Å². The number of nitrogens with zero attached hydrogens (tertiary/aromatic N) is 1. The van der Waals surface area contributed by atoms with Crippen molar-refractivity contribution >= 4 is 17.3 Å². The summed E-state index contributed by atoms with van der Waals surface area (Å²) >= 11 is 0. The highest BCUT2D eigenvalue weighted by Crippen LogP contribution is 2.36. The quantitative estimate of drug-likeness (QED) is 0.653. The molecule has 0 unspecified atom stereocenters. The zero-order valence-electron chi connectivity index (χ0n) is 14.6. The number of carbonyl (C=O) groups is 1. The summed E-state index contributed by atoms with van der Waals surface area (Å²) in [6.45, 7) is 0.683. The number of carbonyl (C=O) groups excluding carboxylic acids is 1. The molecule has 2 aromatic rings. The van der Waals surface area contributed by atoms with Crippen LogP contribution in [0.1, 0.15) is 25.1 Å². The minimum Gasteiger partial charge on any atom is -0.379 e. The average Bonchev–Trinajstić information content (AvgIpc) is 3.09. The maximum atomic E-state index is 13.2. The van der Waals surface area contributed by atoms with Gasteiger partial charge >= 0.3 is 6.18 Å². The van der Waals surface area contributed by atoms with Crippen molar-refractivity contribution in [1.29, 1.82) is 0 Å². The van der Waals surface area contributed by atoms with Crippen molar-refractivity contribution in [3.05, 3.63) is 53.6 Å². The number of ether oxygens (including phenoxy) is 1. The van der Waals surface area contributed by atoms with E-state index in [0.717, 1.165) is 12.1 Å². The van der Waals surface area contributed by atoms with E-state index in [4.69, 9.17) is 10.5 Å². The number of hydrogen-bond acceptors (Lipinski definition) is 5. The second-order valence-corrected chi connectivity index (χ2v) is 6.49. The number of nitrogens with one attached hydrogen (secondary N) is 2. The molecule has 1 atom stereocenters. The van der Waals surface area contributed by atoms with E-state index >= 15 is 0 Å². The molecule has 1 aliphatic rings. The van der Waals surface area contributed by atoms with Crippen molar-refractivity contribution in [1.82, 2.24) is 10.3 Å². The number of hydrogen-bond donors (Lipinski definition) is 3. The summed E-state index contributed by atoms with van der Waals surface area (Å²) in [5.41, 5.74) is 4.27. The van der Waals surface area contributed by atoms with Gasteiger partial charge in [0.1, 0.15) is 11.4 Å². The number of halogens is 4. The summed E-state index contributed by atoms with van der Waals surface area (Å²) in [6.07, 6.45) is -2.96. The second kappa shape index (κ2) is 8.75. The van der Waals surface area contributed by atoms with Crippen LogP contribution in [0.2, 0.25) is 0 Å². The van der Waals surface area contributed by atoms with Crippen LogP contribution in [0.3, 0.4) is 0 Å². The van der Waals surface area contributed by atoms with E-state index in [1.807, 2.05) is 0 Å². The molecule has 1 fully saturated rings. The van der Waals surface area contributed by atoms with Crippen molar-refractivity contribution < 1.29 is 27.1 Å². The Labute approximate surface area is 165 Å². The van der Waals surface area contributed by atoms with Gasteiger partial charge in [-0.05, 0) is 36.8 Å². The van der Waals surface area contributed by atoms with Crippen LogP contribution < -0.4 is 16.4 Å². The van der Waals surface area contributed by atoms with Crippen LogP contribution >= 0.6 is 0 Å². The van der Waals surface area contributed by atoms with E-state index in [1.54, 1.807) is 6.07 Å². The Morgan fingerprint density at radius 1 is 1.28 bits per heavy atom. The highest BCUT2D eigenvalue weighted by Gasteiger charge is 2.38. The Balaban J connectivity index is 0.00000300. The Hall–Kier alpha value is -2.72. The predicted molar refractivity (Wildman–Crippen MR) is 99.9 cm³/mol. The van der Waals surface area contributed by atoms with Gasteiger partial charge in [0.25, 0.3) is 0 Å². The summed E-state index contributed by atoms with van der Waals surface area (Å²) in [6, 6.07) is 5.43. The number of amides is 1. The van der Waals surface area contributed by atoms with Gasteiger partial charge in [0.15, 0.2) is 0 Å². The molecule has 0 spiro atoms. The first-order chi connectivity index (χ1) is 13.2. The van der Waals surface area contributed by atoms with Crippen LogP contribution in [0.15, 0.2) is 36.5 Å². The Morgan fingerprint density at radius 3 is 2.62 bits per heavy atom. The van der Waals surface area contributed by atoms with Gasteiger partial charge in [0.05, 0.1) is 42.0 Å². The number of nitrogens with two attached hydrogens (primary N) is 1. The highest BCUT2D eigenvalue weighted by atomic mass is 19.4. The van der Waals surface area contributed by atoms with E-state index in [0.29, 0.717) is 24.8 Å². The summed E-state index contributed by atoms with van der Waals surface area (Å²) < 4.78 is 57.4. The molecule has 0 saturated carbocycles. The third-order valence-electron chi connectivity index (χ3n) is 4.33. The predicted octanol–water partition coefficient (Wildman–Crippen LogP) is 3.35. The number of rotatable bonds is 5. The van der Waals surface area contributed by atoms with Crippen LogP contribution in [0.4, 0.5) is 28.9 Å². The first kappa shape index (κ1) is 22.6. The molecule has 4 N–H and O–H groups in total. The lowest BCUT2D eigenvalue weighted by Crippen LogP contribution is -2.54. The Morgan fingerprint density at radius 2 is 2.03 bits per heavy atom. The molecule has 1 aliphatic heterocycles. The molecule has 1 aromatic heterocycles. The summed E-state index contributed by atoms with van der Waals surface area (Å²) in [4.78, 5) is 16.2. The largest absolute Gasteiger partial charge is 0.418 e. The lowest BCUT2D eigenvalue weighted by atomic mass is 9.99. The van der Waals surface area contributed by atoms with E-state index in [-0.39, 0.29) is 37.9 Å². The van der Waals surface area contributed by atoms with Gasteiger partial charge in [-0.25, -0.2) is 4.39 Å². The first-order valence-corrected chi connectivity index (χ1v) is 8.41. The number of alkyl halides is 3. The molecule has 2 heterocycles.